The summed E-state index contributed by atoms with van der Waals surface area (Å²) in [5.74, 6) is 0. The molecule has 6 heteroatoms. The van der Waals surface area contributed by atoms with E-state index in [4.69, 9.17) is 16.3 Å². The molecule has 1 rings (SSSR count). The molecule has 0 aromatic heterocycles. The second-order valence-corrected chi connectivity index (χ2v) is 4.35. The molecule has 0 aliphatic rings. The highest BCUT2D eigenvalue weighted by Crippen LogP contribution is 2.28. The molecule has 1 N–H and O–H groups in total. The molecule has 0 radical (unpaired) electrons. The van der Waals surface area contributed by atoms with Gasteiger partial charge in [0.25, 0.3) is 0 Å². The van der Waals surface area contributed by atoms with Crippen LogP contribution in [0.15, 0.2) is 24.3 Å². The van der Waals surface area contributed by atoms with E-state index in [2.05, 4.69) is 5.32 Å². The van der Waals surface area contributed by atoms with E-state index in [-0.39, 0.29) is 0 Å². The first-order chi connectivity index (χ1) is 8.34. The largest absolute Gasteiger partial charge is 0.414 e. The van der Waals surface area contributed by atoms with Gasteiger partial charge in [0.05, 0.1) is 6.10 Å². The fourth-order valence-corrected chi connectivity index (χ4v) is 1.56. The Morgan fingerprint density at radius 3 is 2.28 bits per heavy atom. The lowest BCUT2D eigenvalue weighted by Crippen LogP contribution is -2.32. The molecule has 0 aliphatic heterocycles. The number of halogens is 4. The van der Waals surface area contributed by atoms with Crippen LogP contribution in [0.4, 0.5) is 13.2 Å². The van der Waals surface area contributed by atoms with Crippen molar-refractivity contribution in [1.82, 2.24) is 5.32 Å². The minimum atomic E-state index is -4.36. The first-order valence-corrected chi connectivity index (χ1v) is 5.84. The number of benzene rings is 1. The van der Waals surface area contributed by atoms with Gasteiger partial charge in [-0.2, -0.15) is 13.2 Å². The first kappa shape index (κ1) is 15.3. The second-order valence-electron chi connectivity index (χ2n) is 3.92. The monoisotopic (exact) mass is 281 g/mol. The molecule has 1 aromatic rings. The van der Waals surface area contributed by atoms with Gasteiger partial charge in [-0.05, 0) is 31.7 Å². The van der Waals surface area contributed by atoms with E-state index >= 15 is 0 Å². The molecular weight excluding hydrogens is 267 g/mol. The molecule has 0 heterocycles. The minimum Gasteiger partial charge on any atom is -0.360 e. The molecule has 2 atom stereocenters. The van der Waals surface area contributed by atoms with Crippen molar-refractivity contribution in [1.29, 1.82) is 0 Å². The van der Waals surface area contributed by atoms with E-state index in [0.29, 0.717) is 17.1 Å². The summed E-state index contributed by atoms with van der Waals surface area (Å²) in [4.78, 5) is 0. The Morgan fingerprint density at radius 2 is 1.83 bits per heavy atom. The van der Waals surface area contributed by atoms with Crippen molar-refractivity contribution in [3.63, 3.8) is 0 Å². The maximum absolute atomic E-state index is 12.5. The van der Waals surface area contributed by atoms with E-state index in [9.17, 15) is 13.2 Å². The highest BCUT2D eigenvalue weighted by atomic mass is 35.5. The average molecular weight is 282 g/mol. The summed E-state index contributed by atoms with van der Waals surface area (Å²) in [6, 6.07) is 6.57. The number of hydrogen-bond acceptors (Lipinski definition) is 2. The highest BCUT2D eigenvalue weighted by molar-refractivity contribution is 6.30. The van der Waals surface area contributed by atoms with Crippen LogP contribution in [-0.4, -0.2) is 25.9 Å². The van der Waals surface area contributed by atoms with Crippen LogP contribution in [0.2, 0.25) is 5.02 Å². The normalized spacial score (nSPS) is 15.4. The zero-order valence-corrected chi connectivity index (χ0v) is 10.8. The highest BCUT2D eigenvalue weighted by Gasteiger charge is 2.38. The Hall–Kier alpha value is -0.780. The third-order valence-corrected chi connectivity index (χ3v) is 2.71. The number of rotatable bonds is 5. The number of ether oxygens (including phenoxy) is 1. The smallest absolute Gasteiger partial charge is 0.360 e. The van der Waals surface area contributed by atoms with Crippen LogP contribution in [0, 0.1) is 0 Å². The Bertz CT molecular complexity index is 367. The summed E-state index contributed by atoms with van der Waals surface area (Å²) >= 11 is 5.74. The van der Waals surface area contributed by atoms with Crippen molar-refractivity contribution in [2.45, 2.75) is 25.3 Å². The molecule has 0 amide bonds. The molecule has 0 bridgehead atoms. The van der Waals surface area contributed by atoms with Crippen molar-refractivity contribution in [2.24, 2.45) is 0 Å². The number of hydrogen-bond donors (Lipinski definition) is 1. The van der Waals surface area contributed by atoms with E-state index in [1.807, 2.05) is 0 Å². The topological polar surface area (TPSA) is 21.3 Å². The van der Waals surface area contributed by atoms with Gasteiger partial charge in [-0.1, -0.05) is 23.7 Å². The van der Waals surface area contributed by atoms with Crippen LogP contribution in [0.3, 0.4) is 0 Å². The lowest BCUT2D eigenvalue weighted by Gasteiger charge is -2.24. The van der Waals surface area contributed by atoms with Crippen LogP contribution in [0.25, 0.3) is 0 Å². The van der Waals surface area contributed by atoms with E-state index in [1.165, 1.54) is 0 Å². The maximum Gasteiger partial charge on any atom is 0.414 e. The van der Waals surface area contributed by atoms with Gasteiger partial charge < -0.3 is 10.1 Å². The molecule has 2 nitrogen and oxygen atoms in total. The number of nitrogens with one attached hydrogen (secondary N) is 1. The van der Waals surface area contributed by atoms with Crippen LogP contribution in [0.1, 0.15) is 18.6 Å². The predicted molar refractivity (Wildman–Crippen MR) is 64.7 cm³/mol. The lowest BCUT2D eigenvalue weighted by atomic mass is 10.1. The molecule has 0 aliphatic carbocycles. The molecule has 0 saturated heterocycles. The Labute approximate surface area is 109 Å². The van der Waals surface area contributed by atoms with Gasteiger partial charge in [0, 0.05) is 11.6 Å². The van der Waals surface area contributed by atoms with Crippen molar-refractivity contribution in [3.8, 4) is 0 Å². The number of alkyl halides is 3. The average Bonchev–Trinajstić information content (AvgIpc) is 2.28. The van der Waals surface area contributed by atoms with Crippen molar-refractivity contribution in [3.05, 3.63) is 34.9 Å². The van der Waals surface area contributed by atoms with E-state index < -0.39 is 18.4 Å². The maximum atomic E-state index is 12.5. The zero-order valence-electron chi connectivity index (χ0n) is 10.1. The number of likely N-dealkylation sites (N-methyl/N-ethyl adjacent to an activating group) is 1. The summed E-state index contributed by atoms with van der Waals surface area (Å²) in [5, 5.41) is 3.35. The Balaban J connectivity index is 2.80. The lowest BCUT2D eigenvalue weighted by molar-refractivity contribution is -0.227. The van der Waals surface area contributed by atoms with Crippen molar-refractivity contribution < 1.29 is 17.9 Å². The third-order valence-electron chi connectivity index (χ3n) is 2.46. The SMILES string of the molecule is CNCC(OC(C)C(F)(F)F)c1ccc(Cl)cc1. The summed E-state index contributed by atoms with van der Waals surface area (Å²) in [7, 11) is 1.66. The molecule has 0 spiro atoms. The van der Waals surface area contributed by atoms with Gasteiger partial charge in [-0.3, -0.25) is 0 Å². The van der Waals surface area contributed by atoms with Gasteiger partial charge in [-0.15, -0.1) is 0 Å². The van der Waals surface area contributed by atoms with Gasteiger partial charge in [0.2, 0.25) is 0 Å². The molecular formula is C12H15ClF3NO. The van der Waals surface area contributed by atoms with Crippen molar-refractivity contribution in [2.75, 3.05) is 13.6 Å². The molecule has 2 unspecified atom stereocenters. The van der Waals surface area contributed by atoms with Gasteiger partial charge >= 0.3 is 6.18 Å². The zero-order chi connectivity index (χ0) is 13.8. The van der Waals surface area contributed by atoms with E-state index in [0.717, 1.165) is 6.92 Å². The van der Waals surface area contributed by atoms with Crippen LogP contribution in [-0.2, 0) is 4.74 Å². The summed E-state index contributed by atoms with van der Waals surface area (Å²) in [6.07, 6.45) is -6.84. The standard InChI is InChI=1S/C12H15ClF3NO/c1-8(12(14,15)16)18-11(7-17-2)9-3-5-10(13)6-4-9/h3-6,8,11,17H,7H2,1-2H3. The molecule has 18 heavy (non-hydrogen) atoms. The summed E-state index contributed by atoms with van der Waals surface area (Å²) in [5.41, 5.74) is 0.657. The van der Waals surface area contributed by atoms with Gasteiger partial charge in [0.15, 0.2) is 6.10 Å². The first-order valence-electron chi connectivity index (χ1n) is 5.47. The second kappa shape index (κ2) is 6.41. The minimum absolute atomic E-state index is 0.294. The van der Waals surface area contributed by atoms with Crippen LogP contribution >= 0.6 is 11.6 Å². The summed E-state index contributed by atoms with van der Waals surface area (Å²) < 4.78 is 42.4. The van der Waals surface area contributed by atoms with Crippen LogP contribution in [0.5, 0.6) is 0 Å². The van der Waals surface area contributed by atoms with Crippen LogP contribution < -0.4 is 5.32 Å². The molecule has 102 valence electrons. The third kappa shape index (κ3) is 4.48. The van der Waals surface area contributed by atoms with E-state index in [1.54, 1.807) is 31.3 Å². The van der Waals surface area contributed by atoms with Gasteiger partial charge in [-0.25, -0.2) is 0 Å². The fourth-order valence-electron chi connectivity index (χ4n) is 1.43. The molecule has 1 aromatic carbocycles. The molecule has 0 saturated carbocycles. The van der Waals surface area contributed by atoms with Gasteiger partial charge in [0.1, 0.15) is 0 Å². The Kier molecular flexibility index (Phi) is 5.44. The predicted octanol–water partition coefficient (Wildman–Crippen LogP) is 3.57. The quantitative estimate of drug-likeness (QED) is 0.891. The molecule has 0 fully saturated rings. The van der Waals surface area contributed by atoms with Crippen molar-refractivity contribution >= 4 is 11.6 Å². The Morgan fingerprint density at radius 1 is 1.28 bits per heavy atom. The summed E-state index contributed by atoms with van der Waals surface area (Å²) in [6.45, 7) is 1.29. The fraction of sp³-hybridized carbons (Fsp3) is 0.500.